The first-order valence-corrected chi connectivity index (χ1v) is 9.41. The second-order valence-electron chi connectivity index (χ2n) is 7.48. The van der Waals surface area contributed by atoms with Crippen LogP contribution in [-0.4, -0.2) is 19.9 Å². The number of ketones is 1. The minimum absolute atomic E-state index is 0.0824. The maximum absolute atomic E-state index is 12.9. The SMILES string of the molecule is Cc1noc(C)c1C(=O)C[C@](C)(NS(=O)C(C)(C)C)c1ccccc1. The third kappa shape index (κ3) is 4.44. The largest absolute Gasteiger partial charge is 0.361 e. The van der Waals surface area contributed by atoms with E-state index in [1.807, 2.05) is 58.0 Å². The van der Waals surface area contributed by atoms with Gasteiger partial charge in [0.2, 0.25) is 0 Å². The molecule has 136 valence electrons. The Labute approximate surface area is 151 Å². The van der Waals surface area contributed by atoms with E-state index in [-0.39, 0.29) is 12.2 Å². The molecule has 1 unspecified atom stereocenters. The van der Waals surface area contributed by atoms with Crippen LogP contribution in [0.4, 0.5) is 0 Å². The minimum atomic E-state index is -1.32. The van der Waals surface area contributed by atoms with Crippen molar-refractivity contribution < 1.29 is 13.5 Å². The fraction of sp³-hybridized carbons (Fsp3) is 0.474. The summed E-state index contributed by atoms with van der Waals surface area (Å²) < 4.78 is 20.6. The molecular formula is C19H26N2O3S. The second kappa shape index (κ2) is 7.22. The first-order valence-electron chi connectivity index (χ1n) is 8.26. The van der Waals surface area contributed by atoms with Gasteiger partial charge in [0.05, 0.1) is 32.5 Å². The fourth-order valence-corrected chi connectivity index (χ4v) is 3.56. The predicted octanol–water partition coefficient (Wildman–Crippen LogP) is 3.83. The van der Waals surface area contributed by atoms with Gasteiger partial charge in [-0.25, -0.2) is 8.93 Å². The summed E-state index contributed by atoms with van der Waals surface area (Å²) in [6.07, 6.45) is 0.154. The first-order chi connectivity index (χ1) is 11.5. The predicted molar refractivity (Wildman–Crippen MR) is 99.7 cm³/mol. The minimum Gasteiger partial charge on any atom is -0.361 e. The van der Waals surface area contributed by atoms with Gasteiger partial charge in [-0.3, -0.25) is 4.79 Å². The number of hydrogen-bond donors (Lipinski definition) is 1. The molecule has 1 aromatic heterocycles. The van der Waals surface area contributed by atoms with E-state index in [0.29, 0.717) is 17.0 Å². The van der Waals surface area contributed by atoms with E-state index in [4.69, 9.17) is 4.52 Å². The molecule has 0 amide bonds. The molecule has 0 bridgehead atoms. The lowest BCUT2D eigenvalue weighted by atomic mass is 9.86. The third-order valence-corrected chi connectivity index (χ3v) is 5.86. The van der Waals surface area contributed by atoms with Gasteiger partial charge >= 0.3 is 0 Å². The van der Waals surface area contributed by atoms with Gasteiger partial charge in [-0.2, -0.15) is 0 Å². The van der Waals surface area contributed by atoms with Crippen LogP contribution in [0.3, 0.4) is 0 Å². The summed E-state index contributed by atoms with van der Waals surface area (Å²) in [5.74, 6) is 0.427. The number of carbonyl (C=O) groups excluding carboxylic acids is 1. The third-order valence-electron chi connectivity index (χ3n) is 4.11. The number of benzene rings is 1. The second-order valence-corrected chi connectivity index (χ2v) is 9.45. The molecule has 1 aromatic carbocycles. The summed E-state index contributed by atoms with van der Waals surface area (Å²) in [6.45, 7) is 11.1. The van der Waals surface area contributed by atoms with E-state index >= 15 is 0 Å². The maximum Gasteiger partial charge on any atom is 0.170 e. The Hall–Kier alpha value is -1.79. The number of nitrogens with one attached hydrogen (secondary N) is 1. The molecule has 2 aromatic rings. The van der Waals surface area contributed by atoms with Gasteiger partial charge in [0.25, 0.3) is 0 Å². The van der Waals surface area contributed by atoms with Crippen LogP contribution in [-0.2, 0) is 16.5 Å². The highest BCUT2D eigenvalue weighted by Gasteiger charge is 2.35. The number of hydrogen-bond acceptors (Lipinski definition) is 4. The Morgan fingerprint density at radius 2 is 1.76 bits per heavy atom. The van der Waals surface area contributed by atoms with Gasteiger partial charge in [-0.05, 0) is 47.1 Å². The molecule has 0 spiro atoms. The molecule has 2 rings (SSSR count). The normalized spacial score (nSPS) is 15.6. The number of aromatic nitrogens is 1. The van der Waals surface area contributed by atoms with E-state index in [9.17, 15) is 9.00 Å². The number of Topliss-reactive ketones (excluding diaryl/α,β-unsaturated/α-hetero) is 1. The van der Waals surface area contributed by atoms with Crippen LogP contribution < -0.4 is 4.72 Å². The van der Waals surface area contributed by atoms with Crippen LogP contribution in [0.25, 0.3) is 0 Å². The first kappa shape index (κ1) is 19.5. The molecule has 0 aliphatic carbocycles. The van der Waals surface area contributed by atoms with Crippen molar-refractivity contribution in [1.29, 1.82) is 0 Å². The fourth-order valence-electron chi connectivity index (χ4n) is 2.65. The molecule has 1 N–H and O–H groups in total. The van der Waals surface area contributed by atoms with Crippen molar-refractivity contribution >= 4 is 16.8 Å². The van der Waals surface area contributed by atoms with Crippen molar-refractivity contribution in [3.05, 3.63) is 52.9 Å². The Kier molecular flexibility index (Phi) is 5.64. The number of carbonyl (C=O) groups is 1. The Morgan fingerprint density at radius 3 is 2.24 bits per heavy atom. The zero-order valence-corrected chi connectivity index (χ0v) is 16.5. The lowest BCUT2D eigenvalue weighted by Crippen LogP contribution is -2.47. The van der Waals surface area contributed by atoms with Gasteiger partial charge in [0.15, 0.2) is 5.78 Å². The van der Waals surface area contributed by atoms with Gasteiger partial charge in [0, 0.05) is 6.42 Å². The smallest absolute Gasteiger partial charge is 0.170 e. The van der Waals surface area contributed by atoms with Gasteiger partial charge in [-0.15, -0.1) is 0 Å². The van der Waals surface area contributed by atoms with E-state index in [2.05, 4.69) is 9.88 Å². The molecule has 0 saturated carbocycles. The molecule has 0 fully saturated rings. The van der Waals surface area contributed by atoms with Gasteiger partial charge in [-0.1, -0.05) is 35.5 Å². The number of rotatable bonds is 6. The molecule has 0 aliphatic heterocycles. The van der Waals surface area contributed by atoms with Crippen molar-refractivity contribution in [2.45, 2.75) is 58.2 Å². The maximum atomic E-state index is 12.9. The highest BCUT2D eigenvalue weighted by Crippen LogP contribution is 2.30. The summed E-state index contributed by atoms with van der Waals surface area (Å²) in [5.41, 5.74) is 1.22. The molecule has 6 heteroatoms. The van der Waals surface area contributed by atoms with Crippen molar-refractivity contribution in [3.63, 3.8) is 0 Å². The highest BCUT2D eigenvalue weighted by molar-refractivity contribution is 7.84. The van der Waals surface area contributed by atoms with Crippen LogP contribution in [0, 0.1) is 13.8 Å². The van der Waals surface area contributed by atoms with Crippen LogP contribution in [0.15, 0.2) is 34.9 Å². The molecule has 0 saturated heterocycles. The summed E-state index contributed by atoms with van der Waals surface area (Å²) in [6, 6.07) is 9.62. The average Bonchev–Trinajstić information content (AvgIpc) is 2.86. The van der Waals surface area contributed by atoms with Crippen LogP contribution in [0.5, 0.6) is 0 Å². The highest BCUT2D eigenvalue weighted by atomic mass is 32.2. The topological polar surface area (TPSA) is 72.2 Å². The lowest BCUT2D eigenvalue weighted by molar-refractivity contribution is 0.0948. The number of aryl methyl sites for hydroxylation is 2. The van der Waals surface area contributed by atoms with Gasteiger partial charge in [0.1, 0.15) is 5.76 Å². The van der Waals surface area contributed by atoms with Crippen molar-refractivity contribution in [1.82, 2.24) is 9.88 Å². The van der Waals surface area contributed by atoms with Crippen LogP contribution in [0.2, 0.25) is 0 Å². The summed E-state index contributed by atoms with van der Waals surface area (Å²) in [4.78, 5) is 12.9. The summed E-state index contributed by atoms with van der Waals surface area (Å²) in [7, 11) is -1.32. The van der Waals surface area contributed by atoms with E-state index < -0.39 is 21.3 Å². The molecule has 0 radical (unpaired) electrons. The molecule has 5 nitrogen and oxygen atoms in total. The van der Waals surface area contributed by atoms with E-state index in [1.165, 1.54) is 0 Å². The van der Waals surface area contributed by atoms with Crippen LogP contribution >= 0.6 is 0 Å². The molecular weight excluding hydrogens is 336 g/mol. The Balaban J connectivity index is 2.39. The molecule has 1 heterocycles. The van der Waals surface area contributed by atoms with E-state index in [1.54, 1.807) is 13.8 Å². The number of nitrogens with zero attached hydrogens (tertiary/aromatic N) is 1. The lowest BCUT2D eigenvalue weighted by Gasteiger charge is -2.33. The van der Waals surface area contributed by atoms with Crippen molar-refractivity contribution in [2.24, 2.45) is 0 Å². The standard InChI is InChI=1S/C19H26N2O3S/c1-13-17(14(2)24-20-13)16(22)12-19(6,15-10-8-7-9-11-15)21-25(23)18(3,4)5/h7-11,21H,12H2,1-6H3/t19-,25?/m0/s1. The summed E-state index contributed by atoms with van der Waals surface area (Å²) in [5, 5.41) is 3.86. The molecule has 0 aliphatic rings. The summed E-state index contributed by atoms with van der Waals surface area (Å²) >= 11 is 0. The van der Waals surface area contributed by atoms with Crippen LogP contribution in [0.1, 0.15) is 61.5 Å². The van der Waals surface area contributed by atoms with Crippen molar-refractivity contribution in [3.8, 4) is 0 Å². The van der Waals surface area contributed by atoms with E-state index in [0.717, 1.165) is 5.56 Å². The molecule has 2 atom stereocenters. The quantitative estimate of drug-likeness (QED) is 0.793. The zero-order valence-electron chi connectivity index (χ0n) is 15.7. The average molecular weight is 362 g/mol. The Morgan fingerprint density at radius 1 is 1.16 bits per heavy atom. The Bertz CT molecular complexity index is 758. The van der Waals surface area contributed by atoms with Crippen molar-refractivity contribution in [2.75, 3.05) is 0 Å². The van der Waals surface area contributed by atoms with Gasteiger partial charge < -0.3 is 4.52 Å². The zero-order chi connectivity index (χ0) is 18.8. The monoisotopic (exact) mass is 362 g/mol. The molecule has 25 heavy (non-hydrogen) atoms.